The molecule has 0 bridgehead atoms. The molecule has 0 spiro atoms. The molecule has 0 aliphatic heterocycles. The van der Waals surface area contributed by atoms with E-state index in [1.54, 1.807) is 31.5 Å². The van der Waals surface area contributed by atoms with Crippen LogP contribution in [-0.4, -0.2) is 10.1 Å². The van der Waals surface area contributed by atoms with Gasteiger partial charge in [-0.25, -0.2) is 0 Å². The molecule has 0 fully saturated rings. The molecule has 0 aromatic carbocycles. The van der Waals surface area contributed by atoms with Gasteiger partial charge in [-0.15, -0.1) is 11.3 Å². The number of halogens is 3. The van der Waals surface area contributed by atoms with Crippen molar-refractivity contribution in [2.24, 2.45) is 5.41 Å². The first kappa shape index (κ1) is 17.0. The Balaban J connectivity index is 2.25. The fourth-order valence-electron chi connectivity index (χ4n) is 2.27. The summed E-state index contributed by atoms with van der Waals surface area (Å²) in [5.74, 6) is 0. The van der Waals surface area contributed by atoms with Gasteiger partial charge >= 0.3 is 6.18 Å². The predicted molar refractivity (Wildman–Crippen MR) is 80.6 cm³/mol. The second-order valence-corrected chi connectivity index (χ2v) is 7.17. The van der Waals surface area contributed by atoms with Gasteiger partial charge in [0.2, 0.25) is 0 Å². The van der Waals surface area contributed by atoms with E-state index in [-0.39, 0.29) is 0 Å². The van der Waals surface area contributed by atoms with Gasteiger partial charge < -0.3 is 5.11 Å². The van der Waals surface area contributed by atoms with Gasteiger partial charge in [0.05, 0.1) is 11.2 Å². The molecule has 0 saturated carbocycles. The zero-order chi connectivity index (χ0) is 16.6. The Morgan fingerprint density at radius 3 is 2.36 bits per heavy atom. The van der Waals surface area contributed by atoms with Crippen molar-refractivity contribution in [3.63, 3.8) is 0 Å². The minimum absolute atomic E-state index is 0.343. The van der Waals surface area contributed by atoms with Crippen molar-refractivity contribution in [2.45, 2.75) is 39.0 Å². The second-order valence-electron chi connectivity index (χ2n) is 6.17. The molecule has 0 radical (unpaired) electrons. The van der Waals surface area contributed by atoms with Crippen molar-refractivity contribution in [1.29, 1.82) is 0 Å². The monoisotopic (exact) mass is 329 g/mol. The normalized spacial score (nSPS) is 15.6. The standard InChI is InChI=1S/C16H18F3NOS/c1-14(2,15(3,21)11-5-4-6-20-9-11)8-13-7-12(10-22-13)16(17,18)19/h4-7,9-10,21H,8H2,1-3H3. The average Bonchev–Trinajstić information content (AvgIpc) is 2.87. The van der Waals surface area contributed by atoms with Crippen LogP contribution < -0.4 is 0 Å². The van der Waals surface area contributed by atoms with E-state index in [1.165, 1.54) is 0 Å². The number of nitrogens with zero attached hydrogens (tertiary/aromatic N) is 1. The second kappa shape index (κ2) is 5.66. The van der Waals surface area contributed by atoms with Gasteiger partial charge in [-0.3, -0.25) is 4.98 Å². The summed E-state index contributed by atoms with van der Waals surface area (Å²) in [5.41, 5.74) is -1.84. The third-order valence-corrected chi connectivity index (χ3v) is 5.08. The first-order valence-electron chi connectivity index (χ1n) is 6.81. The van der Waals surface area contributed by atoms with Crippen molar-refractivity contribution in [1.82, 2.24) is 4.98 Å². The molecule has 1 unspecified atom stereocenters. The lowest BCUT2D eigenvalue weighted by atomic mass is 9.70. The third kappa shape index (κ3) is 3.33. The molecule has 22 heavy (non-hydrogen) atoms. The highest BCUT2D eigenvalue weighted by atomic mass is 32.1. The quantitative estimate of drug-likeness (QED) is 0.886. The molecule has 2 aromatic rings. The molecule has 0 aliphatic carbocycles. The number of alkyl halides is 3. The van der Waals surface area contributed by atoms with Gasteiger partial charge in [0.1, 0.15) is 0 Å². The van der Waals surface area contributed by atoms with Crippen molar-refractivity contribution < 1.29 is 18.3 Å². The van der Waals surface area contributed by atoms with Gasteiger partial charge in [-0.1, -0.05) is 19.9 Å². The number of pyridine rings is 1. The lowest BCUT2D eigenvalue weighted by molar-refractivity contribution is -0.137. The molecule has 2 nitrogen and oxygen atoms in total. The maximum absolute atomic E-state index is 12.7. The zero-order valence-corrected chi connectivity index (χ0v) is 13.4. The van der Waals surface area contributed by atoms with Crippen LogP contribution in [-0.2, 0) is 18.2 Å². The first-order chi connectivity index (χ1) is 10.0. The van der Waals surface area contributed by atoms with Crippen LogP contribution in [0.2, 0.25) is 0 Å². The Morgan fingerprint density at radius 1 is 1.18 bits per heavy atom. The van der Waals surface area contributed by atoms with Crippen LogP contribution in [0.5, 0.6) is 0 Å². The van der Waals surface area contributed by atoms with Gasteiger partial charge in [-0.2, -0.15) is 13.2 Å². The van der Waals surface area contributed by atoms with Gasteiger partial charge in [-0.05, 0) is 25.5 Å². The number of rotatable bonds is 4. The lowest BCUT2D eigenvalue weighted by Crippen LogP contribution is -2.40. The molecule has 1 atom stereocenters. The molecular formula is C16H18F3NOS. The summed E-state index contributed by atoms with van der Waals surface area (Å²) in [6, 6.07) is 4.66. The Morgan fingerprint density at radius 2 is 1.86 bits per heavy atom. The van der Waals surface area contributed by atoms with Crippen molar-refractivity contribution in [2.75, 3.05) is 0 Å². The number of aliphatic hydroxyl groups is 1. The van der Waals surface area contributed by atoms with Gasteiger partial charge in [0, 0.05) is 33.6 Å². The number of thiophene rings is 1. The van der Waals surface area contributed by atoms with Crippen LogP contribution in [0.3, 0.4) is 0 Å². The van der Waals surface area contributed by atoms with Crippen LogP contribution in [0.15, 0.2) is 36.0 Å². The highest BCUT2D eigenvalue weighted by Gasteiger charge is 2.41. The summed E-state index contributed by atoms with van der Waals surface area (Å²) in [4.78, 5) is 4.60. The molecule has 2 rings (SSSR count). The predicted octanol–water partition coefficient (Wildman–Crippen LogP) is 4.64. The van der Waals surface area contributed by atoms with E-state index in [1.807, 2.05) is 13.8 Å². The van der Waals surface area contributed by atoms with Crippen LogP contribution >= 0.6 is 11.3 Å². The summed E-state index contributed by atoms with van der Waals surface area (Å²) >= 11 is 1.07. The van der Waals surface area contributed by atoms with Crippen LogP contribution in [0.4, 0.5) is 13.2 Å². The summed E-state index contributed by atoms with van der Waals surface area (Å²) in [6.07, 6.45) is -0.792. The molecule has 2 aromatic heterocycles. The first-order valence-corrected chi connectivity index (χ1v) is 7.69. The minimum Gasteiger partial charge on any atom is -0.385 e. The van der Waals surface area contributed by atoms with Gasteiger partial charge in [0.15, 0.2) is 0 Å². The lowest BCUT2D eigenvalue weighted by Gasteiger charge is -2.40. The highest BCUT2D eigenvalue weighted by molar-refractivity contribution is 7.10. The van der Waals surface area contributed by atoms with Gasteiger partial charge in [0.25, 0.3) is 0 Å². The zero-order valence-electron chi connectivity index (χ0n) is 12.6. The molecule has 6 heteroatoms. The molecule has 120 valence electrons. The van der Waals surface area contributed by atoms with E-state index in [2.05, 4.69) is 4.98 Å². The smallest absolute Gasteiger partial charge is 0.385 e. The fraction of sp³-hybridized carbons (Fsp3) is 0.438. The Labute approximate surface area is 131 Å². The largest absolute Gasteiger partial charge is 0.417 e. The SMILES string of the molecule is CC(C)(Cc1cc(C(F)(F)F)cs1)C(C)(O)c1cccnc1. The van der Waals surface area contributed by atoms with E-state index in [0.29, 0.717) is 16.9 Å². The summed E-state index contributed by atoms with van der Waals surface area (Å²) in [7, 11) is 0. The van der Waals surface area contributed by atoms with E-state index >= 15 is 0 Å². The van der Waals surface area contributed by atoms with Crippen molar-refractivity contribution in [3.05, 3.63) is 52.0 Å². The summed E-state index contributed by atoms with van der Waals surface area (Å²) in [5, 5.41) is 12.0. The van der Waals surface area contributed by atoms with E-state index in [4.69, 9.17) is 0 Å². The maximum atomic E-state index is 12.7. The minimum atomic E-state index is -4.33. The topological polar surface area (TPSA) is 33.1 Å². The number of hydrogen-bond donors (Lipinski definition) is 1. The molecular weight excluding hydrogens is 311 g/mol. The van der Waals surface area contributed by atoms with E-state index in [9.17, 15) is 18.3 Å². The third-order valence-electron chi connectivity index (χ3n) is 4.14. The Hall–Kier alpha value is -1.40. The molecule has 0 saturated heterocycles. The number of aromatic nitrogens is 1. The molecule has 2 heterocycles. The fourth-order valence-corrected chi connectivity index (χ4v) is 3.39. The summed E-state index contributed by atoms with van der Waals surface area (Å²) in [6.45, 7) is 5.35. The molecule has 0 amide bonds. The number of hydrogen-bond acceptors (Lipinski definition) is 3. The Kier molecular flexibility index (Phi) is 4.37. The van der Waals surface area contributed by atoms with Crippen molar-refractivity contribution >= 4 is 11.3 Å². The Bertz CT molecular complexity index is 632. The molecule has 1 N–H and O–H groups in total. The van der Waals surface area contributed by atoms with Crippen molar-refractivity contribution in [3.8, 4) is 0 Å². The average molecular weight is 329 g/mol. The maximum Gasteiger partial charge on any atom is 0.417 e. The van der Waals surface area contributed by atoms with Crippen LogP contribution in [0.1, 0.15) is 36.8 Å². The van der Waals surface area contributed by atoms with Crippen LogP contribution in [0, 0.1) is 5.41 Å². The molecule has 0 aliphatic rings. The van der Waals surface area contributed by atoms with E-state index < -0.39 is 22.8 Å². The van der Waals surface area contributed by atoms with E-state index in [0.717, 1.165) is 22.8 Å². The summed E-state index contributed by atoms with van der Waals surface area (Å²) < 4.78 is 38.0. The highest BCUT2D eigenvalue weighted by Crippen LogP contribution is 2.43. The van der Waals surface area contributed by atoms with Crippen LogP contribution in [0.25, 0.3) is 0 Å².